The van der Waals surface area contributed by atoms with Crippen molar-refractivity contribution in [2.75, 3.05) is 0 Å². The molecule has 0 aromatic carbocycles. The number of hydrogen-bond acceptors (Lipinski definition) is 2. The average molecular weight is 443 g/mol. The second-order valence-electron chi connectivity index (χ2n) is 14.0. The molecule has 5 fully saturated rings. The van der Waals surface area contributed by atoms with Gasteiger partial charge < -0.3 is 10.2 Å². The van der Waals surface area contributed by atoms with Crippen molar-refractivity contribution >= 4 is 5.97 Å². The second kappa shape index (κ2) is 6.86. The van der Waals surface area contributed by atoms with E-state index in [9.17, 15) is 15.0 Å². The molecule has 5 rings (SSSR count). The lowest BCUT2D eigenvalue weighted by Crippen LogP contribution is -2.67. The quantitative estimate of drug-likeness (QED) is 0.468. The number of fused-ring (bicyclic) bond motifs is 7. The zero-order valence-corrected chi connectivity index (χ0v) is 21.1. The van der Waals surface area contributed by atoms with Crippen LogP contribution in [-0.4, -0.2) is 22.3 Å². The highest BCUT2D eigenvalue weighted by Crippen LogP contribution is 2.77. The first kappa shape index (κ1) is 22.9. The molecule has 0 unspecified atom stereocenters. The third-order valence-corrected chi connectivity index (χ3v) is 13.2. The lowest BCUT2D eigenvalue weighted by Gasteiger charge is -2.72. The molecule has 2 N–H and O–H groups in total. The normalized spacial score (nSPS) is 56.3. The van der Waals surface area contributed by atoms with E-state index >= 15 is 0 Å². The Bertz CT molecular complexity index is 817. The molecule has 3 nitrogen and oxygen atoms in total. The molecule has 5 aliphatic rings. The summed E-state index contributed by atoms with van der Waals surface area (Å²) in [5.41, 5.74) is 0.178. The third-order valence-electron chi connectivity index (χ3n) is 13.2. The Kier molecular flexibility index (Phi) is 4.92. The van der Waals surface area contributed by atoms with E-state index in [1.54, 1.807) is 0 Å². The number of rotatable bonds is 2. The number of carboxylic acid groups (broad SMARTS) is 1. The summed E-state index contributed by atoms with van der Waals surface area (Å²) in [7, 11) is 0. The maximum absolute atomic E-state index is 12.6. The number of carbonyl (C=O) groups is 1. The first-order valence-corrected chi connectivity index (χ1v) is 13.4. The maximum atomic E-state index is 12.6. The molecule has 0 saturated heterocycles. The van der Waals surface area contributed by atoms with Gasteiger partial charge in [-0.25, -0.2) is 0 Å². The number of allylic oxidation sites excluding steroid dienone is 1. The summed E-state index contributed by atoms with van der Waals surface area (Å²) >= 11 is 0. The van der Waals surface area contributed by atoms with Gasteiger partial charge in [-0.1, -0.05) is 40.7 Å². The van der Waals surface area contributed by atoms with Crippen LogP contribution in [0.5, 0.6) is 0 Å². The molecule has 0 radical (unpaired) electrons. The van der Waals surface area contributed by atoms with Crippen LogP contribution in [0, 0.1) is 56.7 Å². The summed E-state index contributed by atoms with van der Waals surface area (Å²) in [5, 5.41) is 21.3. The van der Waals surface area contributed by atoms with Crippen LogP contribution in [-0.2, 0) is 4.79 Å². The zero-order valence-electron chi connectivity index (χ0n) is 21.1. The molecule has 32 heavy (non-hydrogen) atoms. The number of aliphatic hydroxyl groups is 1. The minimum Gasteiger partial charge on any atom is -0.481 e. The van der Waals surface area contributed by atoms with Crippen molar-refractivity contribution < 1.29 is 15.0 Å². The number of aliphatic carboxylic acids is 1. The van der Waals surface area contributed by atoms with Crippen LogP contribution < -0.4 is 0 Å². The highest BCUT2D eigenvalue weighted by molar-refractivity contribution is 5.76. The smallest absolute Gasteiger partial charge is 0.309 e. The van der Waals surface area contributed by atoms with Crippen LogP contribution in [0.15, 0.2) is 12.7 Å². The van der Waals surface area contributed by atoms with E-state index < -0.39 is 11.4 Å². The number of hydrogen-bond donors (Lipinski definition) is 2. The Labute approximate surface area is 195 Å². The second-order valence-corrected chi connectivity index (χ2v) is 14.0. The highest BCUT2D eigenvalue weighted by Gasteiger charge is 2.71. The molecule has 0 aliphatic heterocycles. The molecule has 10 atom stereocenters. The topological polar surface area (TPSA) is 57.5 Å². The van der Waals surface area contributed by atoms with E-state index in [0.29, 0.717) is 23.7 Å². The molecule has 0 amide bonds. The van der Waals surface area contributed by atoms with Crippen molar-refractivity contribution in [3.63, 3.8) is 0 Å². The van der Waals surface area contributed by atoms with Gasteiger partial charge in [0.15, 0.2) is 0 Å². The van der Waals surface area contributed by atoms with E-state index in [4.69, 9.17) is 0 Å². The molecule has 5 aliphatic carbocycles. The van der Waals surface area contributed by atoms with Gasteiger partial charge in [0.25, 0.3) is 0 Å². The standard InChI is InChI=1S/C29H46O3/c1-7-18-10-15-29(24(31)32)17-16-27(5)19(23(18)29)8-9-21-26(4)13-12-22(30)25(2,3)20(26)11-14-28(21,27)6/h7,18-23,30H,1,8-17H2,2-6H3,(H,31,32)/t18-,19-,20+,21-,22+,23-,26+,27-,28-,29+/m1/s1. The van der Waals surface area contributed by atoms with E-state index in [1.807, 2.05) is 0 Å². The van der Waals surface area contributed by atoms with Gasteiger partial charge >= 0.3 is 5.97 Å². The van der Waals surface area contributed by atoms with Crippen LogP contribution in [0.1, 0.15) is 98.8 Å². The average Bonchev–Trinajstić information content (AvgIpc) is 3.12. The Morgan fingerprint density at radius 1 is 0.844 bits per heavy atom. The molecule has 0 aromatic heterocycles. The molecule has 0 heterocycles. The van der Waals surface area contributed by atoms with Crippen LogP contribution in [0.4, 0.5) is 0 Å². The molecule has 5 saturated carbocycles. The van der Waals surface area contributed by atoms with Gasteiger partial charge in [0.2, 0.25) is 0 Å². The minimum absolute atomic E-state index is 0.0174. The van der Waals surface area contributed by atoms with E-state index in [0.717, 1.165) is 38.5 Å². The van der Waals surface area contributed by atoms with E-state index in [-0.39, 0.29) is 33.7 Å². The molecule has 3 heteroatoms. The first-order chi connectivity index (χ1) is 14.9. The van der Waals surface area contributed by atoms with Gasteiger partial charge in [0.05, 0.1) is 11.5 Å². The fraction of sp³-hybridized carbons (Fsp3) is 0.897. The highest BCUT2D eigenvalue weighted by atomic mass is 16.4. The Balaban J connectivity index is 1.56. The minimum atomic E-state index is -0.542. The van der Waals surface area contributed by atoms with Crippen LogP contribution in [0.2, 0.25) is 0 Å². The van der Waals surface area contributed by atoms with Crippen molar-refractivity contribution in [2.24, 2.45) is 56.7 Å². The fourth-order valence-corrected chi connectivity index (χ4v) is 11.3. The predicted octanol–water partition coefficient (Wildman–Crippen LogP) is 6.70. The van der Waals surface area contributed by atoms with Crippen molar-refractivity contribution in [1.29, 1.82) is 0 Å². The van der Waals surface area contributed by atoms with Gasteiger partial charge in [0.1, 0.15) is 0 Å². The van der Waals surface area contributed by atoms with Crippen LogP contribution in [0.25, 0.3) is 0 Å². The molecule has 0 bridgehead atoms. The zero-order chi connectivity index (χ0) is 23.3. The number of aliphatic hydroxyl groups excluding tert-OH is 1. The SMILES string of the molecule is C=C[C@@H]1CC[C@]2(C(=O)O)CC[C@]3(C)[C@H](CC[C@@H]4[C@@]5(C)CC[C@H](O)C(C)(C)[C@@H]5CC[C@]43C)[C@@H]12. The number of carboxylic acids is 1. The summed E-state index contributed by atoms with van der Waals surface area (Å²) in [6.07, 6.45) is 12.5. The first-order valence-electron chi connectivity index (χ1n) is 13.4. The summed E-state index contributed by atoms with van der Waals surface area (Å²) in [5.74, 6) is 1.80. The fourth-order valence-electron chi connectivity index (χ4n) is 11.3. The molecular formula is C29H46O3. The summed E-state index contributed by atoms with van der Waals surface area (Å²) < 4.78 is 0. The maximum Gasteiger partial charge on any atom is 0.309 e. The lowest BCUT2D eigenvalue weighted by molar-refractivity contribution is -0.247. The third kappa shape index (κ3) is 2.50. The van der Waals surface area contributed by atoms with Crippen molar-refractivity contribution in [2.45, 2.75) is 105 Å². The predicted molar refractivity (Wildman–Crippen MR) is 128 cm³/mol. The summed E-state index contributed by atoms with van der Waals surface area (Å²) in [4.78, 5) is 12.6. The van der Waals surface area contributed by atoms with E-state index in [1.165, 1.54) is 25.7 Å². The van der Waals surface area contributed by atoms with Crippen molar-refractivity contribution in [3.05, 3.63) is 12.7 Å². The summed E-state index contributed by atoms with van der Waals surface area (Å²) in [6.45, 7) is 16.5. The largest absolute Gasteiger partial charge is 0.481 e. The van der Waals surface area contributed by atoms with Gasteiger partial charge in [-0.2, -0.15) is 0 Å². The Morgan fingerprint density at radius 3 is 2.22 bits per heavy atom. The van der Waals surface area contributed by atoms with Gasteiger partial charge in [-0.05, 0) is 115 Å². The van der Waals surface area contributed by atoms with Crippen molar-refractivity contribution in [3.8, 4) is 0 Å². The summed E-state index contributed by atoms with van der Waals surface area (Å²) in [6, 6.07) is 0. The monoisotopic (exact) mass is 442 g/mol. The Morgan fingerprint density at radius 2 is 1.56 bits per heavy atom. The van der Waals surface area contributed by atoms with Crippen LogP contribution >= 0.6 is 0 Å². The molecule has 0 aromatic rings. The molecular weight excluding hydrogens is 396 g/mol. The van der Waals surface area contributed by atoms with E-state index in [2.05, 4.69) is 47.3 Å². The van der Waals surface area contributed by atoms with Gasteiger partial charge in [-0.3, -0.25) is 4.79 Å². The van der Waals surface area contributed by atoms with Crippen LogP contribution in [0.3, 0.4) is 0 Å². The van der Waals surface area contributed by atoms with Gasteiger partial charge in [0, 0.05) is 0 Å². The molecule has 180 valence electrons. The van der Waals surface area contributed by atoms with Gasteiger partial charge in [-0.15, -0.1) is 6.58 Å². The van der Waals surface area contributed by atoms with Crippen molar-refractivity contribution in [1.82, 2.24) is 0 Å². The lowest BCUT2D eigenvalue weighted by atomic mass is 9.32. The molecule has 0 spiro atoms. The Hall–Kier alpha value is -0.830.